The number of carbonyl (C=O) groups excluding carboxylic acids is 2. The average molecular weight is 495 g/mol. The molecule has 1 saturated heterocycles. The number of hydrogen-bond acceptors (Lipinski definition) is 4. The Kier molecular flexibility index (Phi) is 5.19. The lowest BCUT2D eigenvalue weighted by atomic mass is 9.85. The first kappa shape index (κ1) is 23.0. The van der Waals surface area contributed by atoms with E-state index < -0.39 is 40.1 Å². The monoisotopic (exact) mass is 494 g/mol. The van der Waals surface area contributed by atoms with E-state index in [1.165, 1.54) is 0 Å². The molecule has 0 unspecified atom stereocenters. The van der Waals surface area contributed by atoms with Crippen LogP contribution in [0, 0.1) is 53.5 Å². The second-order valence-corrected chi connectivity index (χ2v) is 9.95. The van der Waals surface area contributed by atoms with E-state index in [4.69, 9.17) is 0 Å². The van der Waals surface area contributed by atoms with E-state index in [1.807, 2.05) is 50.3 Å². The first-order valence-corrected chi connectivity index (χ1v) is 12.1. The van der Waals surface area contributed by atoms with Gasteiger partial charge in [-0.25, -0.2) is 9.29 Å². The molecule has 7 heteroatoms. The third-order valence-corrected chi connectivity index (χ3v) is 7.76. The van der Waals surface area contributed by atoms with Crippen LogP contribution in [0.5, 0.6) is 0 Å². The number of aryl methyl sites for hydroxylation is 2. The zero-order valence-corrected chi connectivity index (χ0v) is 20.2. The van der Waals surface area contributed by atoms with Crippen molar-refractivity contribution in [2.45, 2.75) is 13.8 Å². The van der Waals surface area contributed by atoms with Gasteiger partial charge in [0.25, 0.3) is 5.69 Å². The molecule has 1 saturated carbocycles. The summed E-state index contributed by atoms with van der Waals surface area (Å²) in [5.41, 5.74) is 5.53. The highest BCUT2D eigenvalue weighted by Crippen LogP contribution is 2.59. The summed E-state index contributed by atoms with van der Waals surface area (Å²) in [5.74, 6) is -3.71. The molecule has 1 aliphatic heterocycles. The molecule has 0 radical (unpaired) electrons. The number of allylic oxidation sites excluding steroid dienone is 3. The van der Waals surface area contributed by atoms with Gasteiger partial charge < -0.3 is 0 Å². The van der Waals surface area contributed by atoms with E-state index in [0.717, 1.165) is 56.5 Å². The average Bonchev–Trinajstić information content (AvgIpc) is 3.51. The number of amides is 2. The molecule has 3 aromatic carbocycles. The van der Waals surface area contributed by atoms with Crippen LogP contribution in [0.3, 0.4) is 0 Å². The summed E-state index contributed by atoms with van der Waals surface area (Å²) in [4.78, 5) is 39.2. The van der Waals surface area contributed by atoms with Gasteiger partial charge in [0, 0.05) is 11.8 Å². The minimum absolute atomic E-state index is 0.182. The SMILES string of the molecule is Cc1ccc(C(=C2[C@H]3C=C[C@H]2[C@@H]2C(=O)N(c4ccc(F)cc4[N+](=O)[O-])C(=O)[C@H]23)c2ccc(C)cc2)cc1. The number of nitro groups is 1. The van der Waals surface area contributed by atoms with Crippen molar-refractivity contribution >= 4 is 28.8 Å². The molecule has 6 rings (SSSR count). The maximum Gasteiger partial charge on any atom is 0.296 e. The molecule has 0 spiro atoms. The molecular formula is C30H23FN2O4. The summed E-state index contributed by atoms with van der Waals surface area (Å²) >= 11 is 0. The van der Waals surface area contributed by atoms with Crippen molar-refractivity contribution in [2.24, 2.45) is 23.7 Å². The second kappa shape index (κ2) is 8.34. The Morgan fingerprint density at radius 1 is 0.811 bits per heavy atom. The van der Waals surface area contributed by atoms with Crippen molar-refractivity contribution in [2.75, 3.05) is 4.90 Å². The lowest BCUT2D eigenvalue weighted by Crippen LogP contribution is -2.33. The molecule has 2 aliphatic carbocycles. The summed E-state index contributed by atoms with van der Waals surface area (Å²) in [6, 6.07) is 19.3. The molecule has 3 aliphatic rings. The lowest BCUT2D eigenvalue weighted by Gasteiger charge is -2.21. The van der Waals surface area contributed by atoms with Crippen LogP contribution in [0.25, 0.3) is 5.57 Å². The zero-order valence-electron chi connectivity index (χ0n) is 20.2. The fraction of sp³-hybridized carbons (Fsp3) is 0.200. The fourth-order valence-electron chi connectivity index (χ4n) is 6.11. The Morgan fingerprint density at radius 2 is 1.30 bits per heavy atom. The van der Waals surface area contributed by atoms with Crippen LogP contribution in [0.2, 0.25) is 0 Å². The molecule has 37 heavy (non-hydrogen) atoms. The molecule has 184 valence electrons. The third kappa shape index (κ3) is 3.45. The largest absolute Gasteiger partial charge is 0.296 e. The molecule has 1 heterocycles. The minimum atomic E-state index is -0.803. The van der Waals surface area contributed by atoms with E-state index in [1.54, 1.807) is 0 Å². The van der Waals surface area contributed by atoms with E-state index in [0.29, 0.717) is 0 Å². The molecule has 6 nitrogen and oxygen atoms in total. The highest BCUT2D eigenvalue weighted by atomic mass is 19.1. The molecule has 4 atom stereocenters. The summed E-state index contributed by atoms with van der Waals surface area (Å²) in [6.45, 7) is 4.04. The number of anilines is 1. The lowest BCUT2D eigenvalue weighted by molar-refractivity contribution is -0.384. The number of fused-ring (bicyclic) bond motifs is 5. The Hall–Kier alpha value is -4.39. The van der Waals surface area contributed by atoms with Crippen LogP contribution in [-0.2, 0) is 9.59 Å². The maximum atomic E-state index is 13.8. The van der Waals surface area contributed by atoms with Crippen molar-refractivity contribution in [3.05, 3.63) is 123 Å². The number of halogens is 1. The number of nitro benzene ring substituents is 1. The molecular weight excluding hydrogens is 471 g/mol. The van der Waals surface area contributed by atoms with Gasteiger partial charge in [-0.1, -0.05) is 71.8 Å². The van der Waals surface area contributed by atoms with Gasteiger partial charge in [0.15, 0.2) is 0 Å². The number of hydrogen-bond donors (Lipinski definition) is 0. The van der Waals surface area contributed by atoms with Gasteiger partial charge in [0.1, 0.15) is 11.5 Å². The van der Waals surface area contributed by atoms with Gasteiger partial charge in [-0.3, -0.25) is 19.7 Å². The number of imide groups is 1. The van der Waals surface area contributed by atoms with Gasteiger partial charge in [-0.05, 0) is 48.3 Å². The Labute approximate surface area is 212 Å². The smallest absolute Gasteiger partial charge is 0.274 e. The summed E-state index contributed by atoms with van der Waals surface area (Å²) < 4.78 is 13.8. The van der Waals surface area contributed by atoms with Crippen LogP contribution < -0.4 is 4.90 Å². The van der Waals surface area contributed by atoms with Crippen molar-refractivity contribution in [3.63, 3.8) is 0 Å². The van der Waals surface area contributed by atoms with E-state index >= 15 is 0 Å². The Balaban J connectivity index is 1.49. The number of rotatable bonds is 4. The predicted molar refractivity (Wildman–Crippen MR) is 137 cm³/mol. The third-order valence-electron chi connectivity index (χ3n) is 7.76. The first-order chi connectivity index (χ1) is 17.8. The van der Waals surface area contributed by atoms with Gasteiger partial charge in [0.2, 0.25) is 11.8 Å². The van der Waals surface area contributed by atoms with E-state index in [-0.39, 0.29) is 17.5 Å². The summed E-state index contributed by atoms with van der Waals surface area (Å²) in [6.07, 6.45) is 3.97. The Bertz CT molecular complexity index is 1460. The maximum absolute atomic E-state index is 13.8. The van der Waals surface area contributed by atoms with Crippen molar-refractivity contribution in [1.82, 2.24) is 0 Å². The van der Waals surface area contributed by atoms with Crippen molar-refractivity contribution in [1.29, 1.82) is 0 Å². The zero-order chi connectivity index (χ0) is 26.0. The molecule has 0 N–H and O–H groups in total. The van der Waals surface area contributed by atoms with Crippen LogP contribution in [0.4, 0.5) is 15.8 Å². The van der Waals surface area contributed by atoms with Gasteiger partial charge in [0.05, 0.1) is 22.8 Å². The number of carbonyl (C=O) groups is 2. The number of benzene rings is 3. The van der Waals surface area contributed by atoms with Crippen LogP contribution in [0.15, 0.2) is 84.5 Å². The quantitative estimate of drug-likeness (QED) is 0.199. The van der Waals surface area contributed by atoms with Crippen molar-refractivity contribution in [3.8, 4) is 0 Å². The highest BCUT2D eigenvalue weighted by molar-refractivity contribution is 6.24. The summed E-state index contributed by atoms with van der Waals surface area (Å²) in [5, 5.41) is 11.6. The standard InChI is InChI=1S/C30H23FN2O4/c1-16-3-7-18(8-4-16)25(19-9-5-17(2)6-10-19)26-21-12-13-22(26)28-27(21)29(34)32(30(28)35)23-14-11-20(31)15-24(23)33(36)37/h3-15,21-22,27-28H,1-2H3/t21-,22-,27+,28+/m1/s1. The first-order valence-electron chi connectivity index (χ1n) is 12.1. The van der Waals surface area contributed by atoms with Crippen LogP contribution in [0.1, 0.15) is 22.3 Å². The molecule has 2 amide bonds. The molecule has 3 aromatic rings. The van der Waals surface area contributed by atoms with E-state index in [2.05, 4.69) is 24.3 Å². The van der Waals surface area contributed by atoms with Crippen LogP contribution in [-0.4, -0.2) is 16.7 Å². The van der Waals surface area contributed by atoms with Gasteiger partial charge >= 0.3 is 0 Å². The topological polar surface area (TPSA) is 80.5 Å². The molecule has 0 aromatic heterocycles. The molecule has 2 fully saturated rings. The van der Waals surface area contributed by atoms with E-state index in [9.17, 15) is 24.1 Å². The van der Waals surface area contributed by atoms with Gasteiger partial charge in [-0.2, -0.15) is 0 Å². The van der Waals surface area contributed by atoms with Crippen LogP contribution >= 0.6 is 0 Å². The summed E-state index contributed by atoms with van der Waals surface area (Å²) in [7, 11) is 0. The predicted octanol–water partition coefficient (Wildman–Crippen LogP) is 5.77. The fourth-order valence-corrected chi connectivity index (χ4v) is 6.11. The Morgan fingerprint density at radius 3 is 1.76 bits per heavy atom. The highest BCUT2D eigenvalue weighted by Gasteiger charge is 2.63. The second-order valence-electron chi connectivity index (χ2n) is 9.95. The number of nitrogens with zero attached hydrogens (tertiary/aromatic N) is 2. The molecule has 2 bridgehead atoms. The normalized spacial score (nSPS) is 23.6. The minimum Gasteiger partial charge on any atom is -0.274 e. The van der Waals surface area contributed by atoms with Crippen molar-refractivity contribution < 1.29 is 18.9 Å². The van der Waals surface area contributed by atoms with Gasteiger partial charge in [-0.15, -0.1) is 0 Å².